The van der Waals surface area contributed by atoms with Gasteiger partial charge in [-0.25, -0.2) is 8.42 Å². The van der Waals surface area contributed by atoms with Gasteiger partial charge in [0.1, 0.15) is 0 Å². The van der Waals surface area contributed by atoms with Crippen LogP contribution >= 0.6 is 0 Å². The normalized spacial score (nSPS) is 14.4. The number of nitro groups is 1. The maximum Gasteiger partial charge on any atom is 0.270 e. The smallest absolute Gasteiger partial charge is 0.270 e. The zero-order valence-electron chi connectivity index (χ0n) is 17.0. The van der Waals surface area contributed by atoms with Crippen LogP contribution in [0.15, 0.2) is 83.8 Å². The van der Waals surface area contributed by atoms with Gasteiger partial charge in [0.05, 0.1) is 9.82 Å². The van der Waals surface area contributed by atoms with Crippen LogP contribution in [-0.4, -0.2) is 25.8 Å². The molecular weight excluding hydrogens is 430 g/mol. The number of carbonyl (C=O) groups is 1. The van der Waals surface area contributed by atoms with Gasteiger partial charge in [-0.1, -0.05) is 36.4 Å². The molecule has 3 aromatic rings. The first-order valence-corrected chi connectivity index (χ1v) is 11.5. The average Bonchev–Trinajstić information content (AvgIpc) is 3.60. The van der Waals surface area contributed by atoms with Crippen molar-refractivity contribution >= 4 is 27.3 Å². The van der Waals surface area contributed by atoms with Crippen molar-refractivity contribution in [3.63, 3.8) is 0 Å². The van der Waals surface area contributed by atoms with Crippen LogP contribution in [0.4, 0.5) is 11.4 Å². The number of benzene rings is 3. The van der Waals surface area contributed by atoms with Gasteiger partial charge in [0, 0.05) is 35.3 Å². The van der Waals surface area contributed by atoms with E-state index in [9.17, 15) is 23.3 Å². The molecule has 32 heavy (non-hydrogen) atoms. The summed E-state index contributed by atoms with van der Waals surface area (Å²) in [6.07, 6.45) is 2.05. The summed E-state index contributed by atoms with van der Waals surface area (Å²) in [4.78, 5) is 22.6. The quantitative estimate of drug-likeness (QED) is 0.398. The van der Waals surface area contributed by atoms with Crippen molar-refractivity contribution in [1.29, 1.82) is 0 Å². The van der Waals surface area contributed by atoms with Crippen molar-refractivity contribution in [3.05, 3.63) is 100 Å². The Hall–Kier alpha value is -3.72. The predicted octanol–water partition coefficient (Wildman–Crippen LogP) is 3.86. The van der Waals surface area contributed by atoms with E-state index in [2.05, 4.69) is 22.2 Å². The Morgan fingerprint density at radius 2 is 1.66 bits per heavy atom. The maximum atomic E-state index is 12.6. The Kier molecular flexibility index (Phi) is 5.67. The van der Waals surface area contributed by atoms with Crippen molar-refractivity contribution < 1.29 is 18.1 Å². The molecule has 1 aliphatic carbocycles. The average molecular weight is 452 g/mol. The zero-order chi connectivity index (χ0) is 22.8. The molecule has 4 rings (SSSR count). The van der Waals surface area contributed by atoms with Crippen molar-refractivity contribution in [3.8, 4) is 0 Å². The van der Waals surface area contributed by atoms with Crippen molar-refractivity contribution in [2.24, 2.45) is 0 Å². The summed E-state index contributed by atoms with van der Waals surface area (Å²) in [5, 5.41) is 13.9. The summed E-state index contributed by atoms with van der Waals surface area (Å²) in [6.45, 7) is 0.539. The number of carbonyl (C=O) groups excluding carboxylic acids is 1. The van der Waals surface area contributed by atoms with Crippen LogP contribution in [0.2, 0.25) is 0 Å². The first-order valence-electron chi connectivity index (χ1n) is 10.0. The molecule has 0 bridgehead atoms. The number of non-ortho nitro benzene ring substituents is 1. The SMILES string of the molecule is O=C(NCC1(c2ccccc2)CC1)c1ccc(NS(=O)(=O)c2cccc([N+](=O)[O-])c2)cc1. The van der Waals surface area contributed by atoms with Crippen LogP contribution in [0.5, 0.6) is 0 Å². The standard InChI is InChI=1S/C23H21N3O5S/c27-22(24-16-23(13-14-23)18-5-2-1-3-6-18)17-9-11-19(12-10-17)25-32(30,31)21-8-4-7-20(15-21)26(28)29/h1-12,15,25H,13-14,16H2,(H,24,27). The van der Waals surface area contributed by atoms with Gasteiger partial charge < -0.3 is 5.32 Å². The van der Waals surface area contributed by atoms with Crippen molar-refractivity contribution in [2.75, 3.05) is 11.3 Å². The molecule has 0 heterocycles. The molecule has 0 atom stereocenters. The fourth-order valence-electron chi connectivity index (χ4n) is 3.53. The monoisotopic (exact) mass is 451 g/mol. The molecule has 2 N–H and O–H groups in total. The number of hydrogen-bond donors (Lipinski definition) is 2. The molecule has 1 fully saturated rings. The van der Waals surface area contributed by atoms with E-state index in [-0.39, 0.29) is 27.6 Å². The molecule has 0 radical (unpaired) electrons. The van der Waals surface area contributed by atoms with Gasteiger partial charge in [-0.3, -0.25) is 19.6 Å². The van der Waals surface area contributed by atoms with Gasteiger partial charge in [-0.2, -0.15) is 0 Å². The molecule has 1 saturated carbocycles. The van der Waals surface area contributed by atoms with Gasteiger partial charge in [-0.05, 0) is 48.7 Å². The summed E-state index contributed by atoms with van der Waals surface area (Å²) in [5.41, 5.74) is 1.54. The Morgan fingerprint density at radius 3 is 2.28 bits per heavy atom. The summed E-state index contributed by atoms with van der Waals surface area (Å²) in [5.74, 6) is -0.236. The topological polar surface area (TPSA) is 118 Å². The minimum absolute atomic E-state index is 0.00914. The third-order valence-corrected chi connectivity index (χ3v) is 6.94. The molecule has 0 unspecified atom stereocenters. The first kappa shape index (κ1) is 21.5. The van der Waals surface area contributed by atoms with E-state index in [1.54, 1.807) is 0 Å². The number of rotatable bonds is 8. The van der Waals surface area contributed by atoms with E-state index in [0.717, 1.165) is 18.9 Å². The Labute approximate surface area is 185 Å². The summed E-state index contributed by atoms with van der Waals surface area (Å²) in [6, 6.07) is 20.9. The largest absolute Gasteiger partial charge is 0.351 e. The molecule has 1 aliphatic rings. The number of nitrogens with one attached hydrogen (secondary N) is 2. The van der Waals surface area contributed by atoms with E-state index in [1.165, 1.54) is 48.0 Å². The number of anilines is 1. The van der Waals surface area contributed by atoms with Crippen LogP contribution in [-0.2, 0) is 15.4 Å². The second-order valence-corrected chi connectivity index (χ2v) is 9.45. The lowest BCUT2D eigenvalue weighted by atomic mass is 9.96. The molecule has 3 aromatic carbocycles. The number of nitro benzene ring substituents is 1. The Bertz CT molecular complexity index is 1250. The molecule has 0 aromatic heterocycles. The van der Waals surface area contributed by atoms with E-state index in [1.807, 2.05) is 18.2 Å². The lowest BCUT2D eigenvalue weighted by Crippen LogP contribution is -2.32. The predicted molar refractivity (Wildman–Crippen MR) is 120 cm³/mol. The molecular formula is C23H21N3O5S. The maximum absolute atomic E-state index is 12.6. The van der Waals surface area contributed by atoms with Gasteiger partial charge in [-0.15, -0.1) is 0 Å². The molecule has 8 nitrogen and oxygen atoms in total. The summed E-state index contributed by atoms with van der Waals surface area (Å²) in [7, 11) is -4.01. The van der Waals surface area contributed by atoms with E-state index < -0.39 is 14.9 Å². The molecule has 0 spiro atoms. The van der Waals surface area contributed by atoms with Crippen LogP contribution in [0.1, 0.15) is 28.8 Å². The Balaban J connectivity index is 1.40. The van der Waals surface area contributed by atoms with Gasteiger partial charge in [0.25, 0.3) is 21.6 Å². The third kappa shape index (κ3) is 4.62. The highest BCUT2D eigenvalue weighted by molar-refractivity contribution is 7.92. The number of amides is 1. The molecule has 9 heteroatoms. The van der Waals surface area contributed by atoms with Gasteiger partial charge >= 0.3 is 0 Å². The van der Waals surface area contributed by atoms with Gasteiger partial charge in [0.15, 0.2) is 0 Å². The second-order valence-electron chi connectivity index (χ2n) is 7.77. The summed E-state index contributed by atoms with van der Waals surface area (Å²) >= 11 is 0. The van der Waals surface area contributed by atoms with E-state index >= 15 is 0 Å². The van der Waals surface area contributed by atoms with E-state index in [0.29, 0.717) is 12.1 Å². The first-order chi connectivity index (χ1) is 15.3. The third-order valence-electron chi connectivity index (χ3n) is 5.57. The molecule has 164 valence electrons. The fourth-order valence-corrected chi connectivity index (χ4v) is 4.63. The lowest BCUT2D eigenvalue weighted by molar-refractivity contribution is -0.385. The number of sulfonamides is 1. The zero-order valence-corrected chi connectivity index (χ0v) is 17.8. The lowest BCUT2D eigenvalue weighted by Gasteiger charge is -2.16. The van der Waals surface area contributed by atoms with Crippen LogP contribution in [0, 0.1) is 10.1 Å². The Morgan fingerprint density at radius 1 is 0.969 bits per heavy atom. The van der Waals surface area contributed by atoms with Gasteiger partial charge in [0.2, 0.25) is 0 Å². The second kappa shape index (κ2) is 8.43. The van der Waals surface area contributed by atoms with Crippen molar-refractivity contribution in [2.45, 2.75) is 23.2 Å². The fraction of sp³-hybridized carbons (Fsp3) is 0.174. The van der Waals surface area contributed by atoms with Crippen LogP contribution in [0.3, 0.4) is 0 Å². The number of nitrogens with zero attached hydrogens (tertiary/aromatic N) is 1. The van der Waals surface area contributed by atoms with Crippen LogP contribution < -0.4 is 10.0 Å². The number of hydrogen-bond acceptors (Lipinski definition) is 5. The highest BCUT2D eigenvalue weighted by Crippen LogP contribution is 2.47. The molecule has 0 saturated heterocycles. The van der Waals surface area contributed by atoms with E-state index in [4.69, 9.17) is 0 Å². The molecule has 0 aliphatic heterocycles. The summed E-state index contributed by atoms with van der Waals surface area (Å²) < 4.78 is 27.4. The highest BCUT2D eigenvalue weighted by Gasteiger charge is 2.44. The highest BCUT2D eigenvalue weighted by atomic mass is 32.2. The van der Waals surface area contributed by atoms with Crippen LogP contribution in [0.25, 0.3) is 0 Å². The molecule has 1 amide bonds. The minimum Gasteiger partial charge on any atom is -0.351 e. The minimum atomic E-state index is -4.01. The van der Waals surface area contributed by atoms with Crippen molar-refractivity contribution in [1.82, 2.24) is 5.32 Å².